The molecule has 44 heavy (non-hydrogen) atoms. The van der Waals surface area contributed by atoms with Crippen LogP contribution in [0.1, 0.15) is 64.3 Å². The van der Waals surface area contributed by atoms with Gasteiger partial charge in [0.2, 0.25) is 0 Å². The number of hydrogen-bond donors (Lipinski definition) is 3. The van der Waals surface area contributed by atoms with Gasteiger partial charge in [0, 0.05) is 43.5 Å². The van der Waals surface area contributed by atoms with Crippen molar-refractivity contribution < 1.29 is 24.5 Å². The number of benzene rings is 3. The van der Waals surface area contributed by atoms with Gasteiger partial charge < -0.3 is 25.0 Å². The van der Waals surface area contributed by atoms with E-state index < -0.39 is 6.29 Å². The lowest BCUT2D eigenvalue weighted by Gasteiger charge is -2.38. The van der Waals surface area contributed by atoms with Crippen molar-refractivity contribution in [1.82, 2.24) is 15.2 Å². The molecular formula is C36H39N3O5. The Morgan fingerprint density at radius 2 is 1.73 bits per heavy atom. The summed E-state index contributed by atoms with van der Waals surface area (Å²) in [6.07, 6.45) is 5.23. The number of pyridine rings is 1. The van der Waals surface area contributed by atoms with Gasteiger partial charge >= 0.3 is 0 Å². The van der Waals surface area contributed by atoms with Crippen LogP contribution in [0.3, 0.4) is 0 Å². The molecule has 1 amide bonds. The Morgan fingerprint density at radius 3 is 2.48 bits per heavy atom. The van der Waals surface area contributed by atoms with Crippen molar-refractivity contribution in [2.45, 2.75) is 57.0 Å². The predicted octanol–water partition coefficient (Wildman–Crippen LogP) is 5.17. The second-order valence-electron chi connectivity index (χ2n) is 11.5. The largest absolute Gasteiger partial charge is 0.395 e. The summed E-state index contributed by atoms with van der Waals surface area (Å²) < 4.78 is 13.1. The fourth-order valence-corrected chi connectivity index (χ4v) is 6.19. The molecule has 2 saturated heterocycles. The van der Waals surface area contributed by atoms with E-state index in [0.29, 0.717) is 18.5 Å². The molecule has 2 aliphatic rings. The number of amides is 1. The van der Waals surface area contributed by atoms with Crippen molar-refractivity contribution in [2.24, 2.45) is 0 Å². The molecule has 6 rings (SSSR count). The Kier molecular flexibility index (Phi) is 9.75. The maximum absolute atomic E-state index is 12.6. The Labute approximate surface area is 258 Å². The lowest BCUT2D eigenvalue weighted by molar-refractivity contribution is -0.253. The number of aliphatic hydroxyl groups is 2. The van der Waals surface area contributed by atoms with Crippen LogP contribution in [0, 0.1) is 0 Å². The molecule has 0 saturated carbocycles. The van der Waals surface area contributed by atoms with E-state index in [0.717, 1.165) is 59.3 Å². The van der Waals surface area contributed by atoms with Gasteiger partial charge in [-0.25, -0.2) is 0 Å². The average molecular weight is 594 g/mol. The van der Waals surface area contributed by atoms with Gasteiger partial charge in [0.05, 0.1) is 31.0 Å². The topological polar surface area (TPSA) is 104 Å². The highest BCUT2D eigenvalue weighted by atomic mass is 16.7. The third-order valence-electron chi connectivity index (χ3n) is 8.64. The van der Waals surface area contributed by atoms with Gasteiger partial charge in [-0.2, -0.15) is 0 Å². The molecule has 3 heterocycles. The monoisotopic (exact) mass is 593 g/mol. The molecule has 3 aromatic carbocycles. The van der Waals surface area contributed by atoms with Gasteiger partial charge in [-0.05, 0) is 59.3 Å². The van der Waals surface area contributed by atoms with Crippen LogP contribution >= 0.6 is 0 Å². The molecule has 0 aliphatic carbocycles. The van der Waals surface area contributed by atoms with Crippen LogP contribution in [0.5, 0.6) is 0 Å². The van der Waals surface area contributed by atoms with E-state index in [1.807, 2.05) is 54.6 Å². The fraction of sp³-hybridized carbons (Fsp3) is 0.333. The summed E-state index contributed by atoms with van der Waals surface area (Å²) >= 11 is 0. The van der Waals surface area contributed by atoms with Crippen molar-refractivity contribution >= 4 is 5.91 Å². The minimum absolute atomic E-state index is 0.00399. The van der Waals surface area contributed by atoms with Crippen molar-refractivity contribution in [1.29, 1.82) is 0 Å². The zero-order valence-electron chi connectivity index (χ0n) is 24.7. The molecule has 8 nitrogen and oxygen atoms in total. The predicted molar refractivity (Wildman–Crippen MR) is 167 cm³/mol. The summed E-state index contributed by atoms with van der Waals surface area (Å²) in [5.74, 6) is -0.163. The van der Waals surface area contributed by atoms with E-state index in [1.165, 1.54) is 0 Å². The number of ether oxygens (including phenoxy) is 2. The van der Waals surface area contributed by atoms with Crippen molar-refractivity contribution in [3.8, 4) is 11.1 Å². The zero-order chi connectivity index (χ0) is 30.3. The summed E-state index contributed by atoms with van der Waals surface area (Å²) in [6.45, 7) is 2.26. The maximum Gasteiger partial charge on any atom is 0.253 e. The van der Waals surface area contributed by atoms with Crippen molar-refractivity contribution in [3.05, 3.63) is 125 Å². The number of likely N-dealkylation sites (tertiary alicyclic amines) is 1. The SMILES string of the molecule is O=C(NCc1ccccc1-c1ccc([C@@H]2O[C@H](CN3CCC[C@H]3CO)C[C@H](c3ccc(CO)cc3)O2)cc1)c1cccnc1. The molecule has 3 N–H and O–H groups in total. The normalized spacial score (nSPS) is 22.1. The maximum atomic E-state index is 12.6. The first-order valence-electron chi connectivity index (χ1n) is 15.3. The molecule has 8 heteroatoms. The first-order valence-corrected chi connectivity index (χ1v) is 15.3. The molecule has 1 aromatic heterocycles. The van der Waals surface area contributed by atoms with Crippen LogP contribution in [-0.2, 0) is 22.6 Å². The molecule has 4 atom stereocenters. The lowest BCUT2D eigenvalue weighted by atomic mass is 9.97. The zero-order valence-corrected chi connectivity index (χ0v) is 24.7. The lowest BCUT2D eigenvalue weighted by Crippen LogP contribution is -2.42. The minimum atomic E-state index is -0.547. The number of aromatic nitrogens is 1. The summed E-state index contributed by atoms with van der Waals surface area (Å²) in [7, 11) is 0. The third kappa shape index (κ3) is 7.07. The van der Waals surface area contributed by atoms with Gasteiger partial charge in [0.25, 0.3) is 5.91 Å². The van der Waals surface area contributed by atoms with Crippen LogP contribution in [0.2, 0.25) is 0 Å². The Balaban J connectivity index is 1.19. The van der Waals surface area contributed by atoms with E-state index in [1.54, 1.807) is 24.5 Å². The summed E-state index contributed by atoms with van der Waals surface area (Å²) in [4.78, 5) is 19.0. The smallest absolute Gasteiger partial charge is 0.253 e. The van der Waals surface area contributed by atoms with Gasteiger partial charge in [-0.1, -0.05) is 72.8 Å². The minimum Gasteiger partial charge on any atom is -0.395 e. The van der Waals surface area contributed by atoms with Gasteiger partial charge in [-0.3, -0.25) is 14.7 Å². The van der Waals surface area contributed by atoms with Gasteiger partial charge in [-0.15, -0.1) is 0 Å². The van der Waals surface area contributed by atoms with Crippen molar-refractivity contribution in [3.63, 3.8) is 0 Å². The molecule has 2 fully saturated rings. The molecular weight excluding hydrogens is 554 g/mol. The van der Waals surface area contributed by atoms with E-state index in [-0.39, 0.29) is 37.4 Å². The standard InChI is InChI=1S/C36H39N3O5/c40-23-25-9-11-27(12-10-25)34-19-32(22-39-18-4-7-31(39)24-41)43-36(44-34)28-15-13-26(14-16-28)33-8-2-1-5-29(33)21-38-35(42)30-6-3-17-37-20-30/h1-3,5-6,8-17,20,31-32,34,36,40-41H,4,7,18-19,21-24H2,(H,38,42)/t31-,32-,34+,36+/m0/s1. The summed E-state index contributed by atoms with van der Waals surface area (Å²) in [5.41, 5.74) is 6.46. The first-order chi connectivity index (χ1) is 21.6. The number of nitrogens with zero attached hydrogens (tertiary/aromatic N) is 2. The number of carbonyl (C=O) groups is 1. The molecule has 0 unspecified atom stereocenters. The summed E-state index contributed by atoms with van der Waals surface area (Å²) in [6, 6.07) is 27.9. The molecule has 2 aliphatic heterocycles. The first kappa shape index (κ1) is 30.1. The Hall–Kier alpha value is -3.92. The average Bonchev–Trinajstić information content (AvgIpc) is 3.54. The number of nitrogens with one attached hydrogen (secondary N) is 1. The van der Waals surface area contributed by atoms with E-state index in [2.05, 4.69) is 33.4 Å². The molecule has 4 aromatic rings. The van der Waals surface area contributed by atoms with E-state index in [4.69, 9.17) is 9.47 Å². The fourth-order valence-electron chi connectivity index (χ4n) is 6.19. The second-order valence-corrected chi connectivity index (χ2v) is 11.5. The van der Waals surface area contributed by atoms with Crippen LogP contribution in [0.25, 0.3) is 11.1 Å². The number of carbonyl (C=O) groups excluding carboxylic acids is 1. The Morgan fingerprint density at radius 1 is 0.932 bits per heavy atom. The van der Waals surface area contributed by atoms with E-state index in [9.17, 15) is 15.0 Å². The summed E-state index contributed by atoms with van der Waals surface area (Å²) in [5, 5.41) is 22.4. The number of hydrogen-bond acceptors (Lipinski definition) is 7. The van der Waals surface area contributed by atoms with Crippen LogP contribution in [-0.4, -0.2) is 57.8 Å². The highest BCUT2D eigenvalue weighted by molar-refractivity contribution is 5.93. The molecule has 228 valence electrons. The molecule has 0 spiro atoms. The molecule has 0 radical (unpaired) electrons. The number of rotatable bonds is 10. The van der Waals surface area contributed by atoms with Gasteiger partial charge in [0.1, 0.15) is 0 Å². The quantitative estimate of drug-likeness (QED) is 0.233. The highest BCUT2D eigenvalue weighted by Gasteiger charge is 2.35. The van der Waals surface area contributed by atoms with Crippen molar-refractivity contribution in [2.75, 3.05) is 19.7 Å². The Bertz CT molecular complexity index is 1510. The third-order valence-corrected chi connectivity index (χ3v) is 8.64. The second kappa shape index (κ2) is 14.2. The van der Waals surface area contributed by atoms with Crippen LogP contribution < -0.4 is 5.32 Å². The van der Waals surface area contributed by atoms with E-state index >= 15 is 0 Å². The number of aliphatic hydroxyl groups excluding tert-OH is 2. The van der Waals surface area contributed by atoms with Crippen LogP contribution in [0.4, 0.5) is 0 Å². The van der Waals surface area contributed by atoms with Crippen LogP contribution in [0.15, 0.2) is 97.3 Å². The molecule has 0 bridgehead atoms. The van der Waals surface area contributed by atoms with Gasteiger partial charge in [0.15, 0.2) is 6.29 Å². The highest BCUT2D eigenvalue weighted by Crippen LogP contribution is 2.39.